The molecule has 1 nitrogen and oxygen atoms in total. The van der Waals surface area contributed by atoms with Gasteiger partial charge in [0, 0.05) is 0 Å². The molecule has 50 heavy (non-hydrogen) atoms. The Kier molecular flexibility index (Phi) is 23.2. The van der Waals surface area contributed by atoms with Crippen molar-refractivity contribution in [3.05, 3.63) is 17.7 Å². The molecule has 5 heteroatoms. The summed E-state index contributed by atoms with van der Waals surface area (Å²) in [5.74, 6) is 0. The number of rotatable bonds is 31. The Morgan fingerprint density at radius 2 is 0.700 bits per heavy atom. The van der Waals surface area contributed by atoms with Gasteiger partial charge < -0.3 is 0 Å². The van der Waals surface area contributed by atoms with Crippen LogP contribution < -0.4 is 5.79 Å². The van der Waals surface area contributed by atoms with Crippen LogP contribution in [0.5, 0.6) is 0 Å². The zero-order valence-corrected chi connectivity index (χ0v) is 41.8. The van der Waals surface area contributed by atoms with Crippen molar-refractivity contribution in [1.82, 2.24) is 4.98 Å². The van der Waals surface area contributed by atoms with Gasteiger partial charge in [-0.25, -0.2) is 0 Å². The van der Waals surface area contributed by atoms with Crippen molar-refractivity contribution in [2.75, 3.05) is 0 Å². The molecule has 0 fully saturated rings. The molecular weight excluding hydrogens is 856 g/mol. The molecule has 3 aromatic rings. The van der Waals surface area contributed by atoms with E-state index >= 15 is 0 Å². The average Bonchev–Trinajstić information content (AvgIpc) is 3.77. The molecule has 0 atom stereocenters. The molecule has 0 amide bonds. The van der Waals surface area contributed by atoms with E-state index in [4.69, 9.17) is 4.98 Å². The number of hydrogen-bond donors (Lipinski definition) is 0. The summed E-state index contributed by atoms with van der Waals surface area (Å²) in [5, 5.41) is 0. The second-order valence-corrected chi connectivity index (χ2v) is 46.8. The summed E-state index contributed by atoms with van der Waals surface area (Å²) >= 11 is -0.467. The van der Waals surface area contributed by atoms with Crippen LogP contribution in [0, 0.1) is 0 Å². The summed E-state index contributed by atoms with van der Waals surface area (Å²) in [6, 6.07) is 5.44. The van der Waals surface area contributed by atoms with Crippen LogP contribution in [-0.4, -0.2) is 41.7 Å². The normalized spacial score (nSPS) is 12.6. The van der Waals surface area contributed by atoms with E-state index in [2.05, 4.69) is 83.3 Å². The molecule has 0 aliphatic heterocycles. The van der Waals surface area contributed by atoms with Crippen LogP contribution >= 0.6 is 22.7 Å². The molecular formula is C45H81NS2Sn2. The number of fused-ring (bicyclic) bond motifs is 2. The van der Waals surface area contributed by atoms with Gasteiger partial charge in [-0.15, -0.1) is 0 Å². The third-order valence-corrected chi connectivity index (χ3v) is 50.9. The summed E-state index contributed by atoms with van der Waals surface area (Å²) < 4.78 is 16.4. The first-order valence-corrected chi connectivity index (χ1v) is 38.9. The first-order chi connectivity index (χ1) is 24.5. The maximum absolute atomic E-state index is 5.68. The predicted octanol–water partition coefficient (Wildman–Crippen LogP) is 16.1. The van der Waals surface area contributed by atoms with Gasteiger partial charge in [-0.05, 0) is 0 Å². The van der Waals surface area contributed by atoms with Gasteiger partial charge in [0.05, 0.1) is 0 Å². The van der Waals surface area contributed by atoms with Crippen molar-refractivity contribution < 1.29 is 0 Å². The van der Waals surface area contributed by atoms with Crippen molar-refractivity contribution in [2.45, 2.75) is 223 Å². The molecule has 3 rings (SSSR count). The standard InChI is InChI=1S/C21H27NS2.6C4H9.2Sn/c1-2-3-4-5-6-7-8-9-10-11-12-17-20-18(13-15-23-20)22-19-14-16-24-21(17)19;6*1-3-4-2;;/h13-14H,2-12H2,1H3;6*1,3-4H2,2H3;;. The molecule has 0 aliphatic carbocycles. The summed E-state index contributed by atoms with van der Waals surface area (Å²) in [6.07, 6.45) is 32.2. The van der Waals surface area contributed by atoms with Crippen LogP contribution in [0.2, 0.25) is 26.6 Å². The number of aromatic nitrogens is 1. The van der Waals surface area contributed by atoms with Crippen LogP contribution in [-0.2, 0) is 6.42 Å². The molecule has 0 radical (unpaired) electrons. The Hall–Kier alpha value is 0.667. The van der Waals surface area contributed by atoms with Crippen molar-refractivity contribution in [1.29, 1.82) is 0 Å². The summed E-state index contributed by atoms with van der Waals surface area (Å²) in [5.41, 5.74) is 4.53. The third kappa shape index (κ3) is 13.5. The van der Waals surface area contributed by atoms with E-state index < -0.39 is 36.8 Å². The molecule has 0 aliphatic rings. The van der Waals surface area contributed by atoms with E-state index in [1.54, 1.807) is 41.6 Å². The van der Waals surface area contributed by atoms with E-state index in [0.717, 1.165) is 0 Å². The molecule has 0 saturated carbocycles. The first-order valence-electron chi connectivity index (χ1n) is 22.3. The van der Waals surface area contributed by atoms with Crippen LogP contribution in [0.3, 0.4) is 0 Å². The van der Waals surface area contributed by atoms with E-state index in [0.29, 0.717) is 0 Å². The quantitative estimate of drug-likeness (QED) is 0.0463. The van der Waals surface area contributed by atoms with Gasteiger partial charge in [0.15, 0.2) is 0 Å². The zero-order chi connectivity index (χ0) is 36.1. The Balaban J connectivity index is 2.07. The molecule has 0 spiro atoms. The van der Waals surface area contributed by atoms with Gasteiger partial charge in [-0.1, -0.05) is 26.2 Å². The van der Waals surface area contributed by atoms with E-state index in [1.165, 1.54) is 159 Å². The van der Waals surface area contributed by atoms with Crippen molar-refractivity contribution in [3.63, 3.8) is 0 Å². The molecule has 3 heterocycles. The van der Waals surface area contributed by atoms with E-state index in [1.807, 2.05) is 5.79 Å². The van der Waals surface area contributed by atoms with Gasteiger partial charge in [0.2, 0.25) is 0 Å². The van der Waals surface area contributed by atoms with Crippen molar-refractivity contribution in [3.8, 4) is 0 Å². The fourth-order valence-electron chi connectivity index (χ4n) is 8.71. The fourth-order valence-corrected chi connectivity index (χ4v) is 49.3. The number of pyridine rings is 1. The molecule has 0 aromatic carbocycles. The monoisotopic (exact) mass is 939 g/mol. The predicted molar refractivity (Wildman–Crippen MR) is 240 cm³/mol. The van der Waals surface area contributed by atoms with Gasteiger partial charge in [-0.2, -0.15) is 0 Å². The van der Waals surface area contributed by atoms with Crippen LogP contribution in [0.25, 0.3) is 20.4 Å². The summed E-state index contributed by atoms with van der Waals surface area (Å²) in [7, 11) is 0. The van der Waals surface area contributed by atoms with Gasteiger partial charge >= 0.3 is 305 Å². The third-order valence-electron chi connectivity index (χ3n) is 12.1. The van der Waals surface area contributed by atoms with Crippen LogP contribution in [0.4, 0.5) is 0 Å². The molecule has 0 unspecified atom stereocenters. The van der Waals surface area contributed by atoms with Crippen LogP contribution in [0.15, 0.2) is 12.1 Å². The zero-order valence-electron chi connectivity index (χ0n) is 34.4. The Morgan fingerprint density at radius 3 is 1.02 bits per heavy atom. The van der Waals surface area contributed by atoms with Crippen LogP contribution in [0.1, 0.15) is 195 Å². The molecule has 0 N–H and O–H groups in total. The SMILES string of the molecule is CCCCCCCCCCCCc1c2s[c]([Sn]([CH2]CCC)([CH2]CCC)[CH2]CCC)cc2nc2c[c]([Sn]([CH2]CCC)([CH2]CCC)[CH2]CCC)sc12. The second kappa shape index (κ2) is 25.7. The molecule has 286 valence electrons. The van der Waals surface area contributed by atoms with Crippen molar-refractivity contribution in [2.24, 2.45) is 0 Å². The maximum atomic E-state index is 5.68. The van der Waals surface area contributed by atoms with Crippen molar-refractivity contribution >= 4 is 85.6 Å². The Morgan fingerprint density at radius 1 is 0.400 bits per heavy atom. The summed E-state index contributed by atoms with van der Waals surface area (Å²) in [4.78, 5) is 5.68. The minimum atomic E-state index is -2.52. The van der Waals surface area contributed by atoms with E-state index in [-0.39, 0.29) is 0 Å². The Labute approximate surface area is 328 Å². The number of thiophene rings is 2. The number of unbranched alkanes of at least 4 members (excludes halogenated alkanes) is 15. The topological polar surface area (TPSA) is 12.9 Å². The first kappa shape index (κ1) is 45.1. The number of aryl methyl sites for hydroxylation is 1. The van der Waals surface area contributed by atoms with Gasteiger partial charge in [0.25, 0.3) is 0 Å². The molecule has 3 aromatic heterocycles. The summed E-state index contributed by atoms with van der Waals surface area (Å²) in [6.45, 7) is 16.9. The second-order valence-electron chi connectivity index (χ2n) is 16.4. The Bertz CT molecular complexity index is 1180. The average molecular weight is 938 g/mol. The molecule has 0 bridgehead atoms. The molecule has 0 saturated heterocycles. The minimum absolute atomic E-state index is 1.27. The fraction of sp³-hybridized carbons (Fsp3) is 0.800. The van der Waals surface area contributed by atoms with Gasteiger partial charge in [-0.3, -0.25) is 0 Å². The number of nitrogens with zero attached hydrogens (tertiary/aromatic N) is 1. The van der Waals surface area contributed by atoms with Gasteiger partial charge in [0.1, 0.15) is 0 Å². The number of hydrogen-bond acceptors (Lipinski definition) is 3. The van der Waals surface area contributed by atoms with E-state index in [9.17, 15) is 0 Å².